The Balaban J connectivity index is 1.94. The number of ether oxygens (including phenoxy) is 2. The Kier molecular flexibility index (Phi) is 7.59. The molecule has 0 saturated carbocycles. The number of aromatic hydroxyl groups is 2. The zero-order valence-corrected chi connectivity index (χ0v) is 16.3. The number of phenolic OH excluding ortho intramolecular Hbond substituents is 2. The van der Waals surface area contributed by atoms with Crippen LogP contribution in [-0.4, -0.2) is 32.9 Å². The van der Waals surface area contributed by atoms with Crippen LogP contribution in [0.3, 0.4) is 0 Å². The Labute approximate surface area is 162 Å². The van der Waals surface area contributed by atoms with Gasteiger partial charge in [-0.3, -0.25) is 0 Å². The first-order valence-corrected chi connectivity index (χ1v) is 10.0. The summed E-state index contributed by atoms with van der Waals surface area (Å²) in [6.45, 7) is 0. The third-order valence-electron chi connectivity index (χ3n) is 3.34. The van der Waals surface area contributed by atoms with Crippen molar-refractivity contribution >= 4 is 34.1 Å². The number of rotatable bonds is 8. The topological polar surface area (TPSA) is 105 Å². The predicted molar refractivity (Wildman–Crippen MR) is 107 cm³/mol. The first kappa shape index (κ1) is 20.7. The van der Waals surface area contributed by atoms with Crippen molar-refractivity contribution in [1.82, 2.24) is 4.13 Å². The summed E-state index contributed by atoms with van der Waals surface area (Å²) in [6.07, 6.45) is 3.04. The third-order valence-corrected chi connectivity index (χ3v) is 5.42. The van der Waals surface area contributed by atoms with Crippen molar-refractivity contribution in [3.63, 3.8) is 0 Å². The van der Waals surface area contributed by atoms with E-state index in [1.807, 2.05) is 0 Å². The summed E-state index contributed by atoms with van der Waals surface area (Å²) in [5.74, 6) is 0.602. The summed E-state index contributed by atoms with van der Waals surface area (Å²) in [4.78, 5) is 0. The van der Waals surface area contributed by atoms with Crippen LogP contribution in [0.1, 0.15) is 11.1 Å². The van der Waals surface area contributed by atoms with Crippen molar-refractivity contribution in [2.75, 3.05) is 14.2 Å². The van der Waals surface area contributed by atoms with Crippen molar-refractivity contribution in [1.29, 1.82) is 0 Å². The molecule has 0 amide bonds. The largest absolute Gasteiger partial charge is 0.504 e. The molecule has 0 fully saturated rings. The molecule has 0 aliphatic rings. The normalized spacial score (nSPS) is 13.7. The maximum Gasteiger partial charge on any atom is 0.160 e. The number of methoxy groups -OCH3 is 2. The minimum Gasteiger partial charge on any atom is -0.504 e. The van der Waals surface area contributed by atoms with Crippen LogP contribution in [0.2, 0.25) is 0 Å². The van der Waals surface area contributed by atoms with Crippen molar-refractivity contribution in [2.45, 2.75) is 0 Å². The molecule has 2 aromatic carbocycles. The van der Waals surface area contributed by atoms with E-state index in [4.69, 9.17) is 9.47 Å². The Bertz CT molecular complexity index is 837. The minimum atomic E-state index is -1.70. The third kappa shape index (κ3) is 6.24. The van der Waals surface area contributed by atoms with Crippen LogP contribution in [0.25, 0.3) is 12.2 Å². The number of hydrogen-bond acceptors (Lipinski definition) is 6. The van der Waals surface area contributed by atoms with Crippen molar-refractivity contribution in [3.8, 4) is 23.0 Å². The highest BCUT2D eigenvalue weighted by molar-refractivity contribution is 8.01. The lowest BCUT2D eigenvalue weighted by Crippen LogP contribution is -2.15. The van der Waals surface area contributed by atoms with Crippen LogP contribution >= 0.6 is 0 Å². The quantitative estimate of drug-likeness (QED) is 0.619. The first-order chi connectivity index (χ1) is 12.9. The fourth-order valence-corrected chi connectivity index (χ4v) is 3.69. The molecule has 2 rings (SSSR count). The van der Waals surface area contributed by atoms with Crippen LogP contribution in [0, 0.1) is 0 Å². The molecule has 2 aromatic rings. The average Bonchev–Trinajstić information content (AvgIpc) is 2.65. The van der Waals surface area contributed by atoms with E-state index in [1.54, 1.807) is 24.3 Å². The molecule has 27 heavy (non-hydrogen) atoms. The second kappa shape index (κ2) is 9.91. The van der Waals surface area contributed by atoms with Crippen LogP contribution in [0.5, 0.6) is 23.0 Å². The highest BCUT2D eigenvalue weighted by Crippen LogP contribution is 2.27. The van der Waals surface area contributed by atoms with Crippen LogP contribution in [0.4, 0.5) is 0 Å². The number of hydrogen-bond donors (Lipinski definition) is 3. The summed E-state index contributed by atoms with van der Waals surface area (Å²) < 4.78 is 36.1. The smallest absolute Gasteiger partial charge is 0.160 e. The summed E-state index contributed by atoms with van der Waals surface area (Å²) in [5, 5.41) is 22.0. The van der Waals surface area contributed by atoms with E-state index in [9.17, 15) is 18.6 Å². The van der Waals surface area contributed by atoms with Gasteiger partial charge in [0.1, 0.15) is 22.0 Å². The Hall–Kier alpha value is -2.62. The molecule has 3 N–H and O–H groups in total. The van der Waals surface area contributed by atoms with E-state index in [0.29, 0.717) is 22.6 Å². The SMILES string of the molecule is COc1ccc(/C=C\S(=O)NS(=O)/C=C/c2ccc(OC)c(O)c2)cc1O. The van der Waals surface area contributed by atoms with Gasteiger partial charge in [0.25, 0.3) is 0 Å². The van der Waals surface area contributed by atoms with Crippen LogP contribution in [0.15, 0.2) is 47.2 Å². The first-order valence-electron chi connectivity index (χ1n) is 7.61. The second-order valence-corrected chi connectivity index (χ2v) is 7.55. The molecule has 0 saturated heterocycles. The van der Waals surface area contributed by atoms with Crippen LogP contribution in [-0.2, 0) is 22.0 Å². The van der Waals surface area contributed by atoms with E-state index >= 15 is 0 Å². The zero-order valence-electron chi connectivity index (χ0n) is 14.6. The molecule has 2 unspecified atom stereocenters. The van der Waals surface area contributed by atoms with Gasteiger partial charge >= 0.3 is 0 Å². The molecule has 2 atom stereocenters. The highest BCUT2D eigenvalue weighted by atomic mass is 32.3. The molecule has 7 nitrogen and oxygen atoms in total. The Morgan fingerprint density at radius 2 is 1.22 bits per heavy atom. The number of nitrogens with one attached hydrogen (secondary N) is 1. The highest BCUT2D eigenvalue weighted by Gasteiger charge is 2.03. The lowest BCUT2D eigenvalue weighted by molar-refractivity contribution is 0.373. The van der Waals surface area contributed by atoms with E-state index in [2.05, 4.69) is 4.13 Å². The lowest BCUT2D eigenvalue weighted by Gasteiger charge is -2.03. The van der Waals surface area contributed by atoms with Gasteiger partial charge in [-0.15, -0.1) is 4.13 Å². The van der Waals surface area contributed by atoms with Gasteiger partial charge in [0.05, 0.1) is 14.2 Å². The van der Waals surface area contributed by atoms with Crippen molar-refractivity contribution in [3.05, 3.63) is 58.3 Å². The molecule has 144 valence electrons. The summed E-state index contributed by atoms with van der Waals surface area (Å²) in [5.41, 5.74) is 1.22. The maximum absolute atomic E-state index is 11.9. The van der Waals surface area contributed by atoms with Gasteiger partial charge in [0, 0.05) is 10.8 Å². The average molecular weight is 409 g/mol. The van der Waals surface area contributed by atoms with Gasteiger partial charge in [0.15, 0.2) is 23.0 Å². The molecular weight excluding hydrogens is 390 g/mol. The lowest BCUT2D eigenvalue weighted by atomic mass is 10.2. The zero-order chi connectivity index (χ0) is 19.8. The van der Waals surface area contributed by atoms with Gasteiger partial charge in [-0.05, 0) is 47.5 Å². The molecule has 0 aliphatic carbocycles. The van der Waals surface area contributed by atoms with Crippen LogP contribution < -0.4 is 13.6 Å². The van der Waals surface area contributed by atoms with Gasteiger partial charge in [-0.1, -0.05) is 12.1 Å². The Morgan fingerprint density at radius 1 is 0.815 bits per heavy atom. The maximum atomic E-state index is 11.9. The summed E-state index contributed by atoms with van der Waals surface area (Å²) >= 11 is 0. The van der Waals surface area contributed by atoms with Crippen molar-refractivity contribution < 1.29 is 28.1 Å². The molecule has 0 spiro atoms. The fraction of sp³-hybridized carbons (Fsp3) is 0.111. The van der Waals surface area contributed by atoms with Crippen molar-refractivity contribution in [2.24, 2.45) is 0 Å². The fourth-order valence-electron chi connectivity index (χ4n) is 2.04. The molecular formula is C18H19NO6S2. The van der Waals surface area contributed by atoms with E-state index < -0.39 is 22.0 Å². The van der Waals surface area contributed by atoms with Gasteiger partial charge < -0.3 is 19.7 Å². The van der Waals surface area contributed by atoms with Gasteiger partial charge in [-0.25, -0.2) is 8.42 Å². The summed E-state index contributed by atoms with van der Waals surface area (Å²) in [7, 11) is -0.504. The van der Waals surface area contributed by atoms with E-state index in [-0.39, 0.29) is 11.5 Å². The molecule has 0 aliphatic heterocycles. The predicted octanol–water partition coefficient (Wildman–Crippen LogP) is 2.67. The molecule has 0 radical (unpaired) electrons. The molecule has 0 aromatic heterocycles. The molecule has 0 bridgehead atoms. The molecule has 0 heterocycles. The standard InChI is InChI=1S/C18H19NO6S2/c1-24-17-5-3-13(11-15(17)20)7-9-26(22)19-27(23)10-8-14-4-6-18(25-2)16(21)12-14/h3-12,19-21H,1-2H3/b9-7-,10-8+. The van der Waals surface area contributed by atoms with E-state index in [0.717, 1.165) is 0 Å². The molecule has 9 heteroatoms. The van der Waals surface area contributed by atoms with Gasteiger partial charge in [-0.2, -0.15) is 0 Å². The van der Waals surface area contributed by atoms with Gasteiger partial charge in [0.2, 0.25) is 0 Å². The van der Waals surface area contributed by atoms with E-state index in [1.165, 1.54) is 49.3 Å². The summed E-state index contributed by atoms with van der Waals surface area (Å²) in [6, 6.07) is 9.44. The minimum absolute atomic E-state index is 0.0346. The Morgan fingerprint density at radius 3 is 1.56 bits per heavy atom. The second-order valence-electron chi connectivity index (χ2n) is 5.15. The number of benzene rings is 2. The monoisotopic (exact) mass is 409 g/mol. The number of phenols is 2.